The number of ether oxygens (including phenoxy) is 1. The molecule has 1 heterocycles. The molecule has 182 valence electrons. The van der Waals surface area contributed by atoms with Crippen molar-refractivity contribution in [2.45, 2.75) is 31.0 Å². The van der Waals surface area contributed by atoms with Crippen LogP contribution in [-0.2, 0) is 22.9 Å². The number of nitrogens with zero attached hydrogens (tertiary/aromatic N) is 2. The van der Waals surface area contributed by atoms with E-state index in [2.05, 4.69) is 11.9 Å². The Bertz CT molecular complexity index is 1210. The van der Waals surface area contributed by atoms with Gasteiger partial charge in [-0.1, -0.05) is 54.1 Å². The summed E-state index contributed by atoms with van der Waals surface area (Å²) in [5.74, 6) is 0. The zero-order chi connectivity index (χ0) is 25.1. The van der Waals surface area contributed by atoms with Crippen molar-refractivity contribution in [3.8, 4) is 17.2 Å². The van der Waals surface area contributed by atoms with Crippen molar-refractivity contribution in [2.75, 3.05) is 26.7 Å². The number of halogens is 4. The first-order chi connectivity index (χ1) is 16.7. The molecule has 0 amide bonds. The minimum atomic E-state index is -4.65. The Morgan fingerprint density at radius 3 is 2.34 bits per heavy atom. The van der Waals surface area contributed by atoms with Gasteiger partial charge < -0.3 is 9.64 Å². The van der Waals surface area contributed by atoms with Crippen LogP contribution in [-0.4, -0.2) is 31.6 Å². The summed E-state index contributed by atoms with van der Waals surface area (Å²) in [4.78, 5) is 2.25. The van der Waals surface area contributed by atoms with Crippen molar-refractivity contribution in [3.05, 3.63) is 94.0 Å². The van der Waals surface area contributed by atoms with Crippen LogP contribution in [0, 0.1) is 11.3 Å². The smallest absolute Gasteiger partial charge is 0.376 e. The van der Waals surface area contributed by atoms with E-state index in [-0.39, 0.29) is 17.6 Å². The standard InChI is InChI=1S/C28H26ClF3N2O/c1-34-12-10-27(11-13-34,23-8-5-9-24(29)16-23)19-35-18-22-14-21(20-6-3-2-4-7-20)15-26(25(22)17-33)28(30,31)32/h2-9,14-16H,10-13,18-19H2,1H3. The largest absolute Gasteiger partial charge is 0.417 e. The highest BCUT2D eigenvalue weighted by Crippen LogP contribution is 2.39. The molecule has 3 aromatic rings. The van der Waals surface area contributed by atoms with Gasteiger partial charge in [-0.05, 0) is 79.5 Å². The van der Waals surface area contributed by atoms with E-state index in [0.29, 0.717) is 22.8 Å². The fourth-order valence-corrected chi connectivity index (χ4v) is 4.90. The highest BCUT2D eigenvalue weighted by molar-refractivity contribution is 6.30. The molecule has 0 saturated carbocycles. The highest BCUT2D eigenvalue weighted by Gasteiger charge is 2.37. The average molecular weight is 499 g/mol. The number of alkyl halides is 3. The third-order valence-electron chi connectivity index (χ3n) is 6.76. The van der Waals surface area contributed by atoms with Gasteiger partial charge in [0.05, 0.1) is 24.3 Å². The molecule has 0 N–H and O–H groups in total. The van der Waals surface area contributed by atoms with Gasteiger partial charge in [-0.15, -0.1) is 0 Å². The second-order valence-corrected chi connectivity index (χ2v) is 9.56. The van der Waals surface area contributed by atoms with E-state index >= 15 is 0 Å². The summed E-state index contributed by atoms with van der Waals surface area (Å²) in [5.41, 5.74) is 0.714. The van der Waals surface area contributed by atoms with Gasteiger partial charge in [-0.25, -0.2) is 0 Å². The third-order valence-corrected chi connectivity index (χ3v) is 7.00. The van der Waals surface area contributed by atoms with E-state index in [4.69, 9.17) is 16.3 Å². The zero-order valence-electron chi connectivity index (χ0n) is 19.4. The van der Waals surface area contributed by atoms with Crippen molar-refractivity contribution in [1.82, 2.24) is 4.90 Å². The average Bonchev–Trinajstić information content (AvgIpc) is 2.85. The molecule has 0 atom stereocenters. The summed E-state index contributed by atoms with van der Waals surface area (Å²) in [7, 11) is 2.07. The lowest BCUT2D eigenvalue weighted by Crippen LogP contribution is -2.43. The Balaban J connectivity index is 1.65. The first-order valence-electron chi connectivity index (χ1n) is 11.4. The normalized spacial score (nSPS) is 16.1. The van der Waals surface area contributed by atoms with Gasteiger partial charge in [-0.2, -0.15) is 18.4 Å². The van der Waals surface area contributed by atoms with Gasteiger partial charge >= 0.3 is 6.18 Å². The number of hydrogen-bond acceptors (Lipinski definition) is 3. The molecule has 0 radical (unpaired) electrons. The van der Waals surface area contributed by atoms with E-state index in [1.165, 1.54) is 0 Å². The van der Waals surface area contributed by atoms with Crippen LogP contribution in [0.4, 0.5) is 13.2 Å². The molecule has 1 fully saturated rings. The summed E-state index contributed by atoms with van der Waals surface area (Å²) >= 11 is 6.27. The lowest BCUT2D eigenvalue weighted by molar-refractivity contribution is -0.137. The van der Waals surface area contributed by atoms with E-state index in [0.717, 1.165) is 37.6 Å². The molecule has 4 rings (SSSR count). The van der Waals surface area contributed by atoms with Crippen LogP contribution in [0.3, 0.4) is 0 Å². The summed E-state index contributed by atoms with van der Waals surface area (Å²) in [6.07, 6.45) is -2.97. The SMILES string of the molecule is CN1CCC(COCc2cc(-c3ccccc3)cc(C(F)(F)F)c2C#N)(c2cccc(Cl)c2)CC1. The molecule has 0 unspecified atom stereocenters. The van der Waals surface area contributed by atoms with E-state index < -0.39 is 17.3 Å². The first-order valence-corrected chi connectivity index (χ1v) is 11.8. The van der Waals surface area contributed by atoms with Gasteiger partial charge in [0, 0.05) is 10.4 Å². The zero-order valence-corrected chi connectivity index (χ0v) is 20.2. The Labute approximate surface area is 208 Å². The molecule has 35 heavy (non-hydrogen) atoms. The van der Waals surface area contributed by atoms with Gasteiger partial charge in [-0.3, -0.25) is 0 Å². The van der Waals surface area contributed by atoms with E-state index in [1.807, 2.05) is 24.3 Å². The van der Waals surface area contributed by atoms with Crippen molar-refractivity contribution in [3.63, 3.8) is 0 Å². The first kappa shape index (κ1) is 25.2. The molecule has 1 saturated heterocycles. The molecule has 0 spiro atoms. The van der Waals surface area contributed by atoms with Gasteiger partial charge in [0.25, 0.3) is 0 Å². The van der Waals surface area contributed by atoms with Crippen LogP contribution in [0.25, 0.3) is 11.1 Å². The van der Waals surface area contributed by atoms with Crippen molar-refractivity contribution in [2.24, 2.45) is 0 Å². The molecular weight excluding hydrogens is 473 g/mol. The number of hydrogen-bond donors (Lipinski definition) is 0. The minimum absolute atomic E-state index is 0.0925. The quantitative estimate of drug-likeness (QED) is 0.364. The summed E-state index contributed by atoms with van der Waals surface area (Å²) < 4.78 is 47.7. The summed E-state index contributed by atoms with van der Waals surface area (Å²) in [6, 6.07) is 21.0. The number of likely N-dealkylation sites (tertiary alicyclic amines) is 1. The van der Waals surface area contributed by atoms with E-state index in [9.17, 15) is 18.4 Å². The minimum Gasteiger partial charge on any atom is -0.376 e. The van der Waals surface area contributed by atoms with Crippen molar-refractivity contribution in [1.29, 1.82) is 5.26 Å². The Kier molecular flexibility index (Phi) is 7.51. The van der Waals surface area contributed by atoms with E-state index in [1.54, 1.807) is 42.5 Å². The monoisotopic (exact) mass is 498 g/mol. The second-order valence-electron chi connectivity index (χ2n) is 9.12. The van der Waals surface area contributed by atoms with Crippen LogP contribution in [0.5, 0.6) is 0 Å². The topological polar surface area (TPSA) is 36.3 Å². The van der Waals surface area contributed by atoms with Crippen molar-refractivity contribution < 1.29 is 17.9 Å². The summed E-state index contributed by atoms with van der Waals surface area (Å²) in [6.45, 7) is 1.98. The molecule has 3 nitrogen and oxygen atoms in total. The molecule has 3 aromatic carbocycles. The number of piperidine rings is 1. The maximum absolute atomic E-state index is 13.9. The van der Waals surface area contributed by atoms with Crippen LogP contribution >= 0.6 is 11.6 Å². The van der Waals surface area contributed by atoms with Gasteiger partial charge in [0.2, 0.25) is 0 Å². The Morgan fingerprint density at radius 1 is 1.00 bits per heavy atom. The number of nitriles is 1. The van der Waals surface area contributed by atoms with Crippen LogP contribution < -0.4 is 0 Å². The van der Waals surface area contributed by atoms with Crippen LogP contribution in [0.15, 0.2) is 66.7 Å². The van der Waals surface area contributed by atoms with Crippen molar-refractivity contribution >= 4 is 11.6 Å². The predicted molar refractivity (Wildman–Crippen MR) is 131 cm³/mol. The Hall–Kier alpha value is -2.85. The molecule has 7 heteroatoms. The highest BCUT2D eigenvalue weighted by atomic mass is 35.5. The fraction of sp³-hybridized carbons (Fsp3) is 0.321. The van der Waals surface area contributed by atoms with Gasteiger partial charge in [0.15, 0.2) is 0 Å². The molecule has 0 aromatic heterocycles. The predicted octanol–water partition coefficient (Wildman–Crippen LogP) is 7.08. The van der Waals surface area contributed by atoms with Gasteiger partial charge in [0.1, 0.15) is 6.07 Å². The van der Waals surface area contributed by atoms with Crippen LogP contribution in [0.1, 0.15) is 35.1 Å². The molecule has 1 aliphatic heterocycles. The maximum atomic E-state index is 13.9. The molecule has 0 bridgehead atoms. The fourth-order valence-electron chi connectivity index (χ4n) is 4.71. The lowest BCUT2D eigenvalue weighted by atomic mass is 9.73. The molecule has 0 aliphatic carbocycles. The van der Waals surface area contributed by atoms with Crippen LogP contribution in [0.2, 0.25) is 5.02 Å². The lowest BCUT2D eigenvalue weighted by Gasteiger charge is -2.41. The maximum Gasteiger partial charge on any atom is 0.417 e. The second kappa shape index (κ2) is 10.4. The number of rotatable bonds is 6. The Morgan fingerprint density at radius 2 is 1.71 bits per heavy atom. The third kappa shape index (κ3) is 5.70. The molecular formula is C28H26ClF3N2O. The molecule has 1 aliphatic rings. The summed E-state index contributed by atoms with van der Waals surface area (Å²) in [5, 5.41) is 10.3. The number of benzene rings is 3.